The smallest absolute Gasteiger partial charge is 0.354 e. The molecule has 0 amide bonds. The summed E-state index contributed by atoms with van der Waals surface area (Å²) in [5.74, 6) is -0.475. The van der Waals surface area contributed by atoms with Gasteiger partial charge < -0.3 is 15.6 Å². The lowest BCUT2D eigenvalue weighted by Crippen LogP contribution is -2.06. The number of para-hydroxylation sites is 1. The lowest BCUT2D eigenvalue weighted by atomic mass is 10.1. The third kappa shape index (κ3) is 3.76. The molecule has 0 aliphatic carbocycles. The van der Waals surface area contributed by atoms with E-state index >= 15 is 0 Å². The highest BCUT2D eigenvalue weighted by molar-refractivity contribution is 5.87. The van der Waals surface area contributed by atoms with Gasteiger partial charge >= 0.3 is 5.97 Å². The zero-order valence-corrected chi connectivity index (χ0v) is 13.6. The Morgan fingerprint density at radius 3 is 2.73 bits per heavy atom. The molecule has 1 heterocycles. The van der Waals surface area contributed by atoms with Crippen LogP contribution in [-0.2, 0) is 6.61 Å². The number of nitrogens with zero attached hydrogens (tertiary/aromatic N) is 3. The Bertz CT molecular complexity index is 1010. The summed E-state index contributed by atoms with van der Waals surface area (Å²) >= 11 is 0. The number of nitrogen functional groups attached to an aromatic ring is 1. The summed E-state index contributed by atoms with van der Waals surface area (Å²) in [7, 11) is 0. The summed E-state index contributed by atoms with van der Waals surface area (Å²) in [6.07, 6.45) is 0. The number of aromatic carboxylic acids is 1. The molecule has 3 aromatic rings. The van der Waals surface area contributed by atoms with Gasteiger partial charge in [-0.15, -0.1) is 0 Å². The van der Waals surface area contributed by atoms with Crippen molar-refractivity contribution in [2.24, 2.45) is 0 Å². The normalized spacial score (nSPS) is 10.1. The Balaban J connectivity index is 1.91. The standard InChI is InChI=1S/C19H14N4O3/c20-10-12-4-3-5-13(8-12)11-26-16-7-2-1-6-14(16)18-22-15(19(24)25)9-17(21)23-18/h1-9H,11H2,(H,24,25)(H2,21,22,23). The zero-order chi connectivity index (χ0) is 18.5. The van der Waals surface area contributed by atoms with E-state index in [0.717, 1.165) is 5.56 Å². The van der Waals surface area contributed by atoms with E-state index in [2.05, 4.69) is 16.0 Å². The van der Waals surface area contributed by atoms with E-state index in [4.69, 9.17) is 20.8 Å². The van der Waals surface area contributed by atoms with E-state index in [1.807, 2.05) is 6.07 Å². The van der Waals surface area contributed by atoms with Crippen LogP contribution in [0.25, 0.3) is 11.4 Å². The van der Waals surface area contributed by atoms with Gasteiger partial charge in [0.1, 0.15) is 18.2 Å². The van der Waals surface area contributed by atoms with Crippen molar-refractivity contribution in [3.05, 3.63) is 71.4 Å². The van der Waals surface area contributed by atoms with Gasteiger partial charge in [-0.05, 0) is 29.8 Å². The van der Waals surface area contributed by atoms with E-state index < -0.39 is 5.97 Å². The number of aromatic nitrogens is 2. The minimum atomic E-state index is -1.19. The molecule has 2 aromatic carbocycles. The number of benzene rings is 2. The quantitative estimate of drug-likeness (QED) is 0.728. The number of hydrogen-bond acceptors (Lipinski definition) is 6. The molecule has 0 spiro atoms. The van der Waals surface area contributed by atoms with Gasteiger partial charge in [-0.3, -0.25) is 0 Å². The molecular formula is C19H14N4O3. The summed E-state index contributed by atoms with van der Waals surface area (Å²) < 4.78 is 5.84. The van der Waals surface area contributed by atoms with Crippen LogP contribution in [0, 0.1) is 11.3 Å². The molecule has 0 unspecified atom stereocenters. The van der Waals surface area contributed by atoms with Crippen LogP contribution in [0.1, 0.15) is 21.6 Å². The number of carboxylic acids is 1. The van der Waals surface area contributed by atoms with Gasteiger partial charge in [-0.1, -0.05) is 24.3 Å². The fourth-order valence-electron chi connectivity index (χ4n) is 2.36. The van der Waals surface area contributed by atoms with E-state index in [1.54, 1.807) is 42.5 Å². The second-order valence-corrected chi connectivity index (χ2v) is 5.40. The lowest BCUT2D eigenvalue weighted by Gasteiger charge is -2.11. The van der Waals surface area contributed by atoms with Crippen LogP contribution in [0.5, 0.6) is 5.75 Å². The number of rotatable bonds is 5. The molecule has 7 nitrogen and oxygen atoms in total. The Hall–Kier alpha value is -3.92. The number of anilines is 1. The molecule has 0 atom stereocenters. The SMILES string of the molecule is N#Cc1cccc(COc2ccccc2-c2nc(N)cc(C(=O)O)n2)c1. The minimum absolute atomic E-state index is 0.0592. The van der Waals surface area contributed by atoms with Crippen LogP contribution in [0.4, 0.5) is 5.82 Å². The molecule has 0 fully saturated rings. The Labute approximate surface area is 149 Å². The van der Waals surface area contributed by atoms with Crippen molar-refractivity contribution in [1.29, 1.82) is 5.26 Å². The van der Waals surface area contributed by atoms with Crippen molar-refractivity contribution in [3.63, 3.8) is 0 Å². The van der Waals surface area contributed by atoms with Crippen LogP contribution in [0.3, 0.4) is 0 Å². The number of carbonyl (C=O) groups is 1. The maximum absolute atomic E-state index is 11.2. The van der Waals surface area contributed by atoms with Crippen LogP contribution in [0.15, 0.2) is 54.6 Å². The largest absolute Gasteiger partial charge is 0.488 e. The Kier molecular flexibility index (Phi) is 4.76. The Morgan fingerprint density at radius 1 is 1.15 bits per heavy atom. The van der Waals surface area contributed by atoms with Gasteiger partial charge in [-0.25, -0.2) is 14.8 Å². The molecule has 26 heavy (non-hydrogen) atoms. The maximum atomic E-state index is 11.2. The predicted octanol–water partition coefficient (Wildman–Crippen LogP) is 2.87. The molecular weight excluding hydrogens is 332 g/mol. The van der Waals surface area contributed by atoms with Crippen molar-refractivity contribution in [3.8, 4) is 23.2 Å². The first-order valence-electron chi connectivity index (χ1n) is 7.66. The van der Waals surface area contributed by atoms with Gasteiger partial charge in [-0.2, -0.15) is 5.26 Å². The molecule has 0 aliphatic heterocycles. The van der Waals surface area contributed by atoms with Crippen molar-refractivity contribution >= 4 is 11.8 Å². The van der Waals surface area contributed by atoms with E-state index in [-0.39, 0.29) is 23.9 Å². The fourth-order valence-corrected chi connectivity index (χ4v) is 2.36. The number of ether oxygens (including phenoxy) is 1. The van der Waals surface area contributed by atoms with Gasteiger partial charge in [0.15, 0.2) is 11.5 Å². The molecule has 3 N–H and O–H groups in total. The molecule has 0 saturated heterocycles. The highest BCUT2D eigenvalue weighted by Crippen LogP contribution is 2.28. The van der Waals surface area contributed by atoms with Crippen molar-refractivity contribution in [1.82, 2.24) is 9.97 Å². The second-order valence-electron chi connectivity index (χ2n) is 5.40. The first-order chi connectivity index (χ1) is 12.6. The third-order valence-corrected chi connectivity index (χ3v) is 3.54. The summed E-state index contributed by atoms with van der Waals surface area (Å²) in [4.78, 5) is 19.3. The molecule has 0 radical (unpaired) electrons. The summed E-state index contributed by atoms with van der Waals surface area (Å²) in [5, 5.41) is 18.1. The summed E-state index contributed by atoms with van der Waals surface area (Å²) in [5.41, 5.74) is 7.41. The highest BCUT2D eigenvalue weighted by Gasteiger charge is 2.14. The van der Waals surface area contributed by atoms with E-state index in [9.17, 15) is 4.79 Å². The van der Waals surface area contributed by atoms with Gasteiger partial charge in [0, 0.05) is 6.07 Å². The maximum Gasteiger partial charge on any atom is 0.354 e. The number of carboxylic acid groups (broad SMARTS) is 1. The second kappa shape index (κ2) is 7.32. The number of nitriles is 1. The predicted molar refractivity (Wildman–Crippen MR) is 94.3 cm³/mol. The van der Waals surface area contributed by atoms with Crippen LogP contribution in [-0.4, -0.2) is 21.0 Å². The van der Waals surface area contributed by atoms with Crippen molar-refractivity contribution in [2.45, 2.75) is 6.61 Å². The summed E-state index contributed by atoms with van der Waals surface area (Å²) in [6.45, 7) is 0.237. The zero-order valence-electron chi connectivity index (χ0n) is 13.6. The first kappa shape index (κ1) is 16.9. The van der Waals surface area contributed by atoms with Gasteiger partial charge in [0.2, 0.25) is 0 Å². The number of hydrogen-bond donors (Lipinski definition) is 2. The van der Waals surface area contributed by atoms with Crippen LogP contribution in [0.2, 0.25) is 0 Å². The van der Waals surface area contributed by atoms with Gasteiger partial charge in [0.25, 0.3) is 0 Å². The Morgan fingerprint density at radius 2 is 1.96 bits per heavy atom. The highest BCUT2D eigenvalue weighted by atomic mass is 16.5. The van der Waals surface area contributed by atoms with Crippen LogP contribution < -0.4 is 10.5 Å². The number of nitrogens with two attached hydrogens (primary N) is 1. The minimum Gasteiger partial charge on any atom is -0.488 e. The van der Waals surface area contributed by atoms with Crippen molar-refractivity contribution < 1.29 is 14.6 Å². The summed E-state index contributed by atoms with van der Waals surface area (Å²) in [6, 6.07) is 17.4. The molecule has 7 heteroatoms. The molecule has 0 bridgehead atoms. The lowest BCUT2D eigenvalue weighted by molar-refractivity contribution is 0.0690. The molecule has 0 aliphatic rings. The monoisotopic (exact) mass is 346 g/mol. The first-order valence-corrected chi connectivity index (χ1v) is 7.66. The average Bonchev–Trinajstić information content (AvgIpc) is 2.66. The molecule has 1 aromatic heterocycles. The molecule has 3 rings (SSSR count). The molecule has 0 saturated carbocycles. The van der Waals surface area contributed by atoms with Crippen molar-refractivity contribution in [2.75, 3.05) is 5.73 Å². The topological polar surface area (TPSA) is 122 Å². The average molecular weight is 346 g/mol. The van der Waals surface area contributed by atoms with Crippen LogP contribution >= 0.6 is 0 Å². The third-order valence-electron chi connectivity index (χ3n) is 3.54. The van der Waals surface area contributed by atoms with Gasteiger partial charge in [0.05, 0.1) is 17.2 Å². The van der Waals surface area contributed by atoms with E-state index in [1.165, 1.54) is 6.07 Å². The fraction of sp³-hybridized carbons (Fsp3) is 0.0526. The molecule has 128 valence electrons. The van der Waals surface area contributed by atoms with E-state index in [0.29, 0.717) is 16.9 Å².